The van der Waals surface area contributed by atoms with Crippen molar-refractivity contribution in [3.05, 3.63) is 0 Å². The molecule has 19 heavy (non-hydrogen) atoms. The van der Waals surface area contributed by atoms with Crippen molar-refractivity contribution in [3.63, 3.8) is 0 Å². The van der Waals surface area contributed by atoms with E-state index >= 15 is 0 Å². The van der Waals surface area contributed by atoms with E-state index in [-0.39, 0.29) is 12.1 Å². The molecular weight excluding hydrogens is 266 g/mol. The van der Waals surface area contributed by atoms with E-state index in [0.717, 1.165) is 19.6 Å². The third-order valence-electron chi connectivity index (χ3n) is 3.53. The Labute approximate surface area is 117 Å². The summed E-state index contributed by atoms with van der Waals surface area (Å²) in [6.45, 7) is 4.99. The summed E-state index contributed by atoms with van der Waals surface area (Å²) >= 11 is 1.48. The van der Waals surface area contributed by atoms with Crippen molar-refractivity contribution >= 4 is 23.8 Å². The minimum Gasteiger partial charge on any atom is -0.480 e. The first kappa shape index (κ1) is 14.5. The van der Waals surface area contributed by atoms with Crippen LogP contribution in [0.3, 0.4) is 0 Å². The SMILES string of the molecule is CC(CN1CCCC1)NC(=O)N1CSC[C@@H]1C(=O)O. The lowest BCUT2D eigenvalue weighted by atomic mass is 10.3. The van der Waals surface area contributed by atoms with Crippen LogP contribution in [0.5, 0.6) is 0 Å². The van der Waals surface area contributed by atoms with Crippen LogP contribution in [0.25, 0.3) is 0 Å². The highest BCUT2D eigenvalue weighted by atomic mass is 32.2. The molecule has 2 fully saturated rings. The van der Waals surface area contributed by atoms with Crippen molar-refractivity contribution in [2.24, 2.45) is 0 Å². The lowest BCUT2D eigenvalue weighted by molar-refractivity contribution is -0.140. The average molecular weight is 287 g/mol. The Hall–Kier alpha value is -0.950. The second-order valence-electron chi connectivity index (χ2n) is 5.18. The molecule has 1 unspecified atom stereocenters. The molecule has 0 aromatic heterocycles. The zero-order chi connectivity index (χ0) is 13.8. The smallest absolute Gasteiger partial charge is 0.327 e. The van der Waals surface area contributed by atoms with Gasteiger partial charge in [-0.15, -0.1) is 11.8 Å². The van der Waals surface area contributed by atoms with E-state index in [0.29, 0.717) is 11.6 Å². The molecule has 0 aliphatic carbocycles. The van der Waals surface area contributed by atoms with E-state index in [1.807, 2.05) is 6.92 Å². The fraction of sp³-hybridized carbons (Fsp3) is 0.833. The molecule has 0 aromatic carbocycles. The predicted molar refractivity (Wildman–Crippen MR) is 74.3 cm³/mol. The number of nitrogens with one attached hydrogen (secondary N) is 1. The monoisotopic (exact) mass is 287 g/mol. The predicted octanol–water partition coefficient (Wildman–Crippen LogP) is 0.640. The van der Waals surface area contributed by atoms with Gasteiger partial charge in [0.25, 0.3) is 0 Å². The maximum atomic E-state index is 12.1. The normalized spacial score (nSPS) is 25.5. The quantitative estimate of drug-likeness (QED) is 0.794. The lowest BCUT2D eigenvalue weighted by Crippen LogP contribution is -2.51. The zero-order valence-corrected chi connectivity index (χ0v) is 12.0. The maximum absolute atomic E-state index is 12.1. The number of aliphatic carboxylic acids is 1. The minimum atomic E-state index is -0.924. The van der Waals surface area contributed by atoms with E-state index in [4.69, 9.17) is 5.11 Å². The molecule has 6 nitrogen and oxygen atoms in total. The first-order chi connectivity index (χ1) is 9.08. The summed E-state index contributed by atoms with van der Waals surface area (Å²) in [6.07, 6.45) is 2.45. The van der Waals surface area contributed by atoms with E-state index in [1.165, 1.54) is 29.5 Å². The number of thioether (sulfide) groups is 1. The van der Waals surface area contributed by atoms with Crippen LogP contribution in [0.4, 0.5) is 4.79 Å². The Morgan fingerprint density at radius 1 is 1.42 bits per heavy atom. The highest BCUT2D eigenvalue weighted by Crippen LogP contribution is 2.21. The lowest BCUT2D eigenvalue weighted by Gasteiger charge is -2.26. The summed E-state index contributed by atoms with van der Waals surface area (Å²) in [4.78, 5) is 26.8. The number of urea groups is 1. The first-order valence-electron chi connectivity index (χ1n) is 6.68. The van der Waals surface area contributed by atoms with Crippen molar-refractivity contribution in [3.8, 4) is 0 Å². The molecule has 2 atom stereocenters. The van der Waals surface area contributed by atoms with Gasteiger partial charge in [0.2, 0.25) is 0 Å². The Bertz CT molecular complexity index is 347. The molecule has 0 bridgehead atoms. The Kier molecular flexibility index (Phi) is 4.93. The van der Waals surface area contributed by atoms with Gasteiger partial charge in [-0.05, 0) is 32.9 Å². The number of carboxylic acid groups (broad SMARTS) is 1. The Balaban J connectivity index is 1.80. The highest BCUT2D eigenvalue weighted by Gasteiger charge is 2.35. The molecule has 2 aliphatic heterocycles. The van der Waals surface area contributed by atoms with Gasteiger partial charge < -0.3 is 20.2 Å². The van der Waals surface area contributed by atoms with Crippen molar-refractivity contribution in [1.29, 1.82) is 0 Å². The number of likely N-dealkylation sites (tertiary alicyclic amines) is 1. The van der Waals surface area contributed by atoms with Gasteiger partial charge >= 0.3 is 12.0 Å². The molecule has 2 aliphatic rings. The number of carbonyl (C=O) groups is 2. The second kappa shape index (κ2) is 6.47. The van der Waals surface area contributed by atoms with Crippen molar-refractivity contribution in [2.45, 2.75) is 31.8 Å². The molecule has 0 spiro atoms. The molecular formula is C12H21N3O3S. The van der Waals surface area contributed by atoms with Gasteiger partial charge in [-0.3, -0.25) is 0 Å². The Morgan fingerprint density at radius 3 is 2.74 bits per heavy atom. The molecule has 108 valence electrons. The summed E-state index contributed by atoms with van der Waals surface area (Å²) in [5, 5.41) is 12.0. The molecule has 0 aromatic rings. The second-order valence-corrected chi connectivity index (χ2v) is 6.18. The van der Waals surface area contributed by atoms with E-state index < -0.39 is 12.0 Å². The summed E-state index contributed by atoms with van der Waals surface area (Å²) in [5.74, 6) is 0.00928. The van der Waals surface area contributed by atoms with Crippen LogP contribution in [0.15, 0.2) is 0 Å². The molecule has 2 saturated heterocycles. The number of carboxylic acids is 1. The van der Waals surface area contributed by atoms with Crippen LogP contribution < -0.4 is 5.32 Å². The van der Waals surface area contributed by atoms with Gasteiger partial charge in [-0.2, -0.15) is 0 Å². The van der Waals surface area contributed by atoms with Crippen LogP contribution >= 0.6 is 11.8 Å². The van der Waals surface area contributed by atoms with Gasteiger partial charge in [0.15, 0.2) is 0 Å². The molecule has 0 radical (unpaired) electrons. The molecule has 0 saturated carbocycles. The molecule has 2 heterocycles. The van der Waals surface area contributed by atoms with Gasteiger partial charge in [0, 0.05) is 18.3 Å². The largest absolute Gasteiger partial charge is 0.480 e. The summed E-state index contributed by atoms with van der Waals surface area (Å²) in [6, 6.07) is -0.904. The van der Waals surface area contributed by atoms with Gasteiger partial charge in [-0.1, -0.05) is 0 Å². The summed E-state index contributed by atoms with van der Waals surface area (Å²) in [7, 11) is 0. The fourth-order valence-electron chi connectivity index (χ4n) is 2.54. The number of nitrogens with zero attached hydrogens (tertiary/aromatic N) is 2. The molecule has 7 heteroatoms. The highest BCUT2D eigenvalue weighted by molar-refractivity contribution is 7.99. The number of hydrogen-bond acceptors (Lipinski definition) is 4. The van der Waals surface area contributed by atoms with E-state index in [9.17, 15) is 9.59 Å². The van der Waals surface area contributed by atoms with Crippen molar-refractivity contribution < 1.29 is 14.7 Å². The minimum absolute atomic E-state index is 0.0469. The van der Waals surface area contributed by atoms with Crippen molar-refractivity contribution in [1.82, 2.24) is 15.1 Å². The zero-order valence-electron chi connectivity index (χ0n) is 11.2. The van der Waals surface area contributed by atoms with Crippen molar-refractivity contribution in [2.75, 3.05) is 31.3 Å². The standard InChI is InChI=1S/C12H21N3O3S/c1-9(6-14-4-2-3-5-14)13-12(18)15-8-19-7-10(15)11(16)17/h9-10H,2-8H2,1H3,(H,13,18)(H,16,17)/t9?,10-/m1/s1. The van der Waals surface area contributed by atoms with Crippen LogP contribution in [-0.2, 0) is 4.79 Å². The fourth-order valence-corrected chi connectivity index (χ4v) is 3.68. The first-order valence-corrected chi connectivity index (χ1v) is 7.83. The number of amides is 2. The molecule has 2 rings (SSSR count). The van der Waals surface area contributed by atoms with Gasteiger partial charge in [-0.25, -0.2) is 9.59 Å². The van der Waals surface area contributed by atoms with Crippen LogP contribution in [0, 0.1) is 0 Å². The summed E-state index contributed by atoms with van der Waals surface area (Å²) in [5.41, 5.74) is 0. The number of hydrogen-bond donors (Lipinski definition) is 2. The van der Waals surface area contributed by atoms with Crippen LogP contribution in [0.1, 0.15) is 19.8 Å². The summed E-state index contributed by atoms with van der Waals surface area (Å²) < 4.78 is 0. The third kappa shape index (κ3) is 3.76. The number of rotatable bonds is 4. The number of carbonyl (C=O) groups excluding carboxylic acids is 1. The van der Waals surface area contributed by atoms with E-state index in [2.05, 4.69) is 10.2 Å². The third-order valence-corrected chi connectivity index (χ3v) is 4.54. The van der Waals surface area contributed by atoms with Gasteiger partial charge in [0.1, 0.15) is 6.04 Å². The van der Waals surface area contributed by atoms with Crippen LogP contribution in [0.2, 0.25) is 0 Å². The van der Waals surface area contributed by atoms with Gasteiger partial charge in [0.05, 0.1) is 5.88 Å². The topological polar surface area (TPSA) is 72.9 Å². The molecule has 2 N–H and O–H groups in total. The Morgan fingerprint density at radius 2 is 2.11 bits per heavy atom. The molecule has 2 amide bonds. The maximum Gasteiger partial charge on any atom is 0.327 e. The van der Waals surface area contributed by atoms with E-state index in [1.54, 1.807) is 0 Å². The van der Waals surface area contributed by atoms with Crippen LogP contribution in [-0.4, -0.2) is 70.3 Å². The average Bonchev–Trinajstić information content (AvgIpc) is 2.97.